The molecule has 100 valence electrons. The zero-order chi connectivity index (χ0) is 14.0. The summed E-state index contributed by atoms with van der Waals surface area (Å²) in [5.74, 6) is 0. The highest BCUT2D eigenvalue weighted by atomic mass is 35.5. The van der Waals surface area contributed by atoms with Gasteiger partial charge in [-0.15, -0.1) is 0 Å². The van der Waals surface area contributed by atoms with Crippen LogP contribution in [0.2, 0.25) is 10.0 Å². The fourth-order valence-electron chi connectivity index (χ4n) is 1.50. The number of benzene rings is 2. The van der Waals surface area contributed by atoms with Gasteiger partial charge in [0.05, 0.1) is 10.0 Å². The van der Waals surface area contributed by atoms with Crippen LogP contribution in [0.25, 0.3) is 0 Å². The van der Waals surface area contributed by atoms with Crippen LogP contribution in [-0.2, 0) is 0 Å². The predicted molar refractivity (Wildman–Crippen MR) is 76.4 cm³/mol. The summed E-state index contributed by atoms with van der Waals surface area (Å²) in [6.07, 6.45) is -2.58. The molecule has 0 aromatic heterocycles. The van der Waals surface area contributed by atoms with Crippen LogP contribution in [-0.4, -0.2) is 0 Å². The van der Waals surface area contributed by atoms with Crippen LogP contribution < -0.4 is 5.73 Å². The lowest BCUT2D eigenvalue weighted by Gasteiger charge is -2.10. The van der Waals surface area contributed by atoms with Gasteiger partial charge in [-0.1, -0.05) is 35.0 Å². The zero-order valence-corrected chi connectivity index (χ0v) is 11.9. The molecule has 0 atom stereocenters. The molecule has 0 saturated heterocycles. The largest absolute Gasteiger partial charge is 0.399 e. The molecule has 2 aromatic carbocycles. The van der Waals surface area contributed by atoms with E-state index in [0.29, 0.717) is 20.6 Å². The molecule has 0 fully saturated rings. The Bertz CT molecular complexity index is 605. The average Bonchev–Trinajstić information content (AvgIpc) is 2.36. The lowest BCUT2D eigenvalue weighted by atomic mass is 10.2. The van der Waals surface area contributed by atoms with Crippen LogP contribution in [0, 0.1) is 0 Å². The first-order valence-electron chi connectivity index (χ1n) is 5.28. The van der Waals surface area contributed by atoms with Crippen molar-refractivity contribution in [3.8, 4) is 0 Å². The van der Waals surface area contributed by atoms with Gasteiger partial charge in [-0.2, -0.15) is 0 Å². The quantitative estimate of drug-likeness (QED) is 0.738. The number of alkyl halides is 2. The van der Waals surface area contributed by atoms with Crippen LogP contribution in [0.3, 0.4) is 0 Å². The molecule has 6 heteroatoms. The number of anilines is 1. The summed E-state index contributed by atoms with van der Waals surface area (Å²) in [5.41, 5.74) is 5.75. The van der Waals surface area contributed by atoms with E-state index >= 15 is 0 Å². The second kappa shape index (κ2) is 5.99. The van der Waals surface area contributed by atoms with Gasteiger partial charge >= 0.3 is 0 Å². The van der Waals surface area contributed by atoms with Gasteiger partial charge in [0.15, 0.2) is 0 Å². The SMILES string of the molecule is Nc1ccc(Sc2ccc(Cl)c(Cl)c2)c(C(F)F)c1. The molecule has 0 aliphatic rings. The standard InChI is InChI=1S/C13H9Cl2F2NS/c14-10-3-2-8(6-11(10)15)19-12-4-1-7(18)5-9(12)13(16)17/h1-6,13H,18H2. The number of halogens is 4. The van der Waals surface area contributed by atoms with Crippen molar-refractivity contribution in [1.29, 1.82) is 0 Å². The fourth-order valence-corrected chi connectivity index (χ4v) is 2.83. The van der Waals surface area contributed by atoms with Crippen molar-refractivity contribution in [3.05, 3.63) is 52.0 Å². The minimum atomic E-state index is -2.58. The number of rotatable bonds is 3. The Balaban J connectivity index is 2.35. The molecule has 0 bridgehead atoms. The first-order valence-corrected chi connectivity index (χ1v) is 6.85. The Kier molecular flexibility index (Phi) is 4.55. The van der Waals surface area contributed by atoms with Crippen LogP contribution in [0.15, 0.2) is 46.2 Å². The van der Waals surface area contributed by atoms with E-state index in [9.17, 15) is 8.78 Å². The Morgan fingerprint density at radius 3 is 2.37 bits per heavy atom. The van der Waals surface area contributed by atoms with Crippen molar-refractivity contribution in [3.63, 3.8) is 0 Å². The first kappa shape index (κ1) is 14.4. The maximum Gasteiger partial charge on any atom is 0.265 e. The molecule has 0 radical (unpaired) electrons. The summed E-state index contributed by atoms with van der Waals surface area (Å²) in [6.45, 7) is 0. The summed E-state index contributed by atoms with van der Waals surface area (Å²) < 4.78 is 25.9. The molecule has 0 heterocycles. The zero-order valence-electron chi connectivity index (χ0n) is 9.54. The summed E-state index contributed by atoms with van der Waals surface area (Å²) in [6, 6.07) is 9.44. The molecule has 2 rings (SSSR count). The van der Waals surface area contributed by atoms with E-state index < -0.39 is 6.43 Å². The lowest BCUT2D eigenvalue weighted by molar-refractivity contribution is 0.148. The van der Waals surface area contributed by atoms with Gasteiger partial charge in [0, 0.05) is 21.0 Å². The summed E-state index contributed by atoms with van der Waals surface area (Å²) in [5, 5.41) is 0.818. The highest BCUT2D eigenvalue weighted by molar-refractivity contribution is 7.99. The highest BCUT2D eigenvalue weighted by Crippen LogP contribution is 2.38. The van der Waals surface area contributed by atoms with Gasteiger partial charge < -0.3 is 5.73 Å². The Morgan fingerprint density at radius 1 is 1.00 bits per heavy atom. The van der Waals surface area contributed by atoms with Crippen molar-refractivity contribution < 1.29 is 8.78 Å². The molecule has 0 amide bonds. The summed E-state index contributed by atoms with van der Waals surface area (Å²) >= 11 is 12.9. The van der Waals surface area contributed by atoms with Crippen LogP contribution in [0.1, 0.15) is 12.0 Å². The first-order chi connectivity index (χ1) is 8.97. The van der Waals surface area contributed by atoms with E-state index in [1.807, 2.05) is 0 Å². The van der Waals surface area contributed by atoms with E-state index in [1.54, 1.807) is 30.3 Å². The van der Waals surface area contributed by atoms with Gasteiger partial charge in [0.25, 0.3) is 6.43 Å². The Hall–Kier alpha value is -0.970. The number of nitrogens with two attached hydrogens (primary N) is 1. The molecule has 0 aliphatic heterocycles. The summed E-state index contributed by atoms with van der Waals surface area (Å²) in [4.78, 5) is 1.18. The average molecular weight is 320 g/mol. The maximum atomic E-state index is 12.9. The van der Waals surface area contributed by atoms with E-state index in [0.717, 1.165) is 4.90 Å². The second-order valence-electron chi connectivity index (χ2n) is 3.78. The molecule has 0 spiro atoms. The van der Waals surface area contributed by atoms with Crippen molar-refractivity contribution in [1.82, 2.24) is 0 Å². The Morgan fingerprint density at radius 2 is 1.74 bits per heavy atom. The molecule has 19 heavy (non-hydrogen) atoms. The van der Waals surface area contributed by atoms with Gasteiger partial charge in [-0.25, -0.2) is 8.78 Å². The molecule has 1 nitrogen and oxygen atoms in total. The van der Waals surface area contributed by atoms with Crippen molar-refractivity contribution in [2.75, 3.05) is 5.73 Å². The van der Waals surface area contributed by atoms with E-state index in [-0.39, 0.29) is 5.56 Å². The minimum Gasteiger partial charge on any atom is -0.399 e. The van der Waals surface area contributed by atoms with Gasteiger partial charge in [0.2, 0.25) is 0 Å². The predicted octanol–water partition coefficient (Wildman–Crippen LogP) is 5.66. The van der Waals surface area contributed by atoms with Gasteiger partial charge in [-0.3, -0.25) is 0 Å². The molecule has 0 aliphatic carbocycles. The Labute approximate surface area is 123 Å². The fraction of sp³-hybridized carbons (Fsp3) is 0.0769. The molecule has 0 unspecified atom stereocenters. The van der Waals surface area contributed by atoms with Gasteiger partial charge in [-0.05, 0) is 36.4 Å². The number of nitrogen functional groups attached to an aromatic ring is 1. The highest BCUT2D eigenvalue weighted by Gasteiger charge is 2.14. The van der Waals surface area contributed by atoms with Crippen molar-refractivity contribution >= 4 is 40.7 Å². The van der Waals surface area contributed by atoms with Crippen LogP contribution >= 0.6 is 35.0 Å². The molecular formula is C13H9Cl2F2NS. The smallest absolute Gasteiger partial charge is 0.265 e. The maximum absolute atomic E-state index is 12.9. The van der Waals surface area contributed by atoms with Crippen molar-refractivity contribution in [2.24, 2.45) is 0 Å². The van der Waals surface area contributed by atoms with Crippen LogP contribution in [0.4, 0.5) is 14.5 Å². The van der Waals surface area contributed by atoms with Crippen molar-refractivity contribution in [2.45, 2.75) is 16.2 Å². The normalized spacial score (nSPS) is 11.0. The molecular weight excluding hydrogens is 311 g/mol. The summed E-state index contributed by atoms with van der Waals surface area (Å²) in [7, 11) is 0. The second-order valence-corrected chi connectivity index (χ2v) is 5.71. The minimum absolute atomic E-state index is 0.0870. The van der Waals surface area contributed by atoms with E-state index in [1.165, 1.54) is 17.8 Å². The monoisotopic (exact) mass is 319 g/mol. The third kappa shape index (κ3) is 3.53. The number of hydrogen-bond donors (Lipinski definition) is 1. The third-order valence-electron chi connectivity index (χ3n) is 2.39. The number of hydrogen-bond acceptors (Lipinski definition) is 2. The third-order valence-corrected chi connectivity index (χ3v) is 4.21. The molecule has 0 saturated carbocycles. The van der Waals surface area contributed by atoms with E-state index in [4.69, 9.17) is 28.9 Å². The van der Waals surface area contributed by atoms with E-state index in [2.05, 4.69) is 0 Å². The van der Waals surface area contributed by atoms with Gasteiger partial charge in [0.1, 0.15) is 0 Å². The lowest BCUT2D eigenvalue weighted by Crippen LogP contribution is -1.92. The molecule has 2 N–H and O–H groups in total. The molecule has 2 aromatic rings. The topological polar surface area (TPSA) is 26.0 Å². The van der Waals surface area contributed by atoms with Crippen LogP contribution in [0.5, 0.6) is 0 Å².